The van der Waals surface area contributed by atoms with Crippen LogP contribution in [0.1, 0.15) is 44.1 Å². The Morgan fingerprint density at radius 3 is 2.44 bits per heavy atom. The molecule has 0 radical (unpaired) electrons. The molecule has 1 aromatic carbocycles. The molecule has 0 spiro atoms. The molecule has 1 fully saturated rings. The van der Waals surface area contributed by atoms with Crippen LogP contribution in [0, 0.1) is 5.82 Å². The predicted octanol–water partition coefficient (Wildman–Crippen LogP) is 2.76. The molecule has 0 heterocycles. The molecule has 0 amide bonds. The summed E-state index contributed by atoms with van der Waals surface area (Å²) in [6, 6.07) is 6.84. The maximum Gasteiger partial charge on any atom is 0.145 e. The fourth-order valence-corrected chi connectivity index (χ4v) is 2.41. The molecular formula is C14H20FN3. The molecule has 1 aliphatic rings. The average molecular weight is 249 g/mol. The van der Waals surface area contributed by atoms with Gasteiger partial charge in [-0.25, -0.2) is 10.2 Å². The summed E-state index contributed by atoms with van der Waals surface area (Å²) in [6.45, 7) is 0. The standard InChI is InChI=1S/C14H20FN3/c15-13-10-6-5-9-12(13)14(18-16)17-11-7-3-1-2-4-8-11/h5-6,9-11H,1-4,7-8,16H2,(H,17,18). The highest BCUT2D eigenvalue weighted by Crippen LogP contribution is 2.20. The summed E-state index contributed by atoms with van der Waals surface area (Å²) in [5.41, 5.74) is 2.99. The number of benzene rings is 1. The SMILES string of the molecule is NNC(=NC1CCCCCC1)c1ccccc1F. The van der Waals surface area contributed by atoms with Crippen molar-refractivity contribution in [1.82, 2.24) is 5.43 Å². The lowest BCUT2D eigenvalue weighted by Gasteiger charge is -2.13. The van der Waals surface area contributed by atoms with Crippen LogP contribution in [0.15, 0.2) is 29.3 Å². The molecule has 0 aromatic heterocycles. The van der Waals surface area contributed by atoms with Crippen molar-refractivity contribution in [3.8, 4) is 0 Å². The number of hydrazine groups is 1. The maximum absolute atomic E-state index is 13.7. The molecule has 0 saturated heterocycles. The van der Waals surface area contributed by atoms with Crippen LogP contribution >= 0.6 is 0 Å². The largest absolute Gasteiger partial charge is 0.308 e. The number of nitrogens with one attached hydrogen (secondary N) is 1. The van der Waals surface area contributed by atoms with Crippen LogP contribution in [0.4, 0.5) is 4.39 Å². The van der Waals surface area contributed by atoms with Gasteiger partial charge in [-0.05, 0) is 25.0 Å². The second-order valence-electron chi connectivity index (χ2n) is 4.75. The van der Waals surface area contributed by atoms with Crippen LogP contribution in [0.25, 0.3) is 0 Å². The van der Waals surface area contributed by atoms with Gasteiger partial charge >= 0.3 is 0 Å². The summed E-state index contributed by atoms with van der Waals surface area (Å²) in [5.74, 6) is 5.65. The minimum atomic E-state index is -0.289. The molecule has 1 aromatic rings. The first kappa shape index (κ1) is 13.0. The van der Waals surface area contributed by atoms with E-state index in [2.05, 4.69) is 10.4 Å². The number of hydrogen-bond acceptors (Lipinski definition) is 2. The van der Waals surface area contributed by atoms with Gasteiger partial charge in [0.25, 0.3) is 0 Å². The van der Waals surface area contributed by atoms with Crippen molar-refractivity contribution in [1.29, 1.82) is 0 Å². The molecular weight excluding hydrogens is 229 g/mol. The fourth-order valence-electron chi connectivity index (χ4n) is 2.41. The summed E-state index contributed by atoms with van der Waals surface area (Å²) >= 11 is 0. The van der Waals surface area contributed by atoms with Gasteiger partial charge in [0.1, 0.15) is 11.7 Å². The van der Waals surface area contributed by atoms with E-state index in [-0.39, 0.29) is 11.9 Å². The van der Waals surface area contributed by atoms with Crippen molar-refractivity contribution in [2.75, 3.05) is 0 Å². The number of nitrogens with zero attached hydrogens (tertiary/aromatic N) is 1. The lowest BCUT2D eigenvalue weighted by Crippen LogP contribution is -2.33. The summed E-state index contributed by atoms with van der Waals surface area (Å²) in [4.78, 5) is 4.59. The monoisotopic (exact) mass is 249 g/mol. The fraction of sp³-hybridized carbons (Fsp3) is 0.500. The molecule has 2 rings (SSSR count). The summed E-state index contributed by atoms with van der Waals surface area (Å²) in [6.07, 6.45) is 7.08. The first-order chi connectivity index (χ1) is 8.81. The van der Waals surface area contributed by atoms with Gasteiger partial charge in [0, 0.05) is 0 Å². The van der Waals surface area contributed by atoms with Crippen LogP contribution in [0.2, 0.25) is 0 Å². The molecule has 1 saturated carbocycles. The second-order valence-corrected chi connectivity index (χ2v) is 4.75. The zero-order valence-corrected chi connectivity index (χ0v) is 10.5. The van der Waals surface area contributed by atoms with E-state index in [1.807, 2.05) is 0 Å². The summed E-state index contributed by atoms with van der Waals surface area (Å²) in [5, 5.41) is 0. The van der Waals surface area contributed by atoms with Gasteiger partial charge in [0.2, 0.25) is 0 Å². The molecule has 0 aliphatic heterocycles. The Kier molecular flexibility index (Phi) is 4.70. The van der Waals surface area contributed by atoms with E-state index in [1.165, 1.54) is 31.7 Å². The van der Waals surface area contributed by atoms with E-state index >= 15 is 0 Å². The molecule has 4 heteroatoms. The quantitative estimate of drug-likeness (QED) is 0.278. The third kappa shape index (κ3) is 3.29. The summed E-state index contributed by atoms with van der Waals surface area (Å²) < 4.78 is 13.7. The van der Waals surface area contributed by atoms with Crippen molar-refractivity contribution >= 4 is 5.84 Å². The number of halogens is 1. The Morgan fingerprint density at radius 1 is 1.17 bits per heavy atom. The van der Waals surface area contributed by atoms with Crippen molar-refractivity contribution < 1.29 is 4.39 Å². The van der Waals surface area contributed by atoms with Crippen molar-refractivity contribution in [2.45, 2.75) is 44.6 Å². The number of amidine groups is 1. The van der Waals surface area contributed by atoms with Crippen LogP contribution in [0.5, 0.6) is 0 Å². The Morgan fingerprint density at radius 2 is 1.83 bits per heavy atom. The van der Waals surface area contributed by atoms with Crippen molar-refractivity contribution in [2.24, 2.45) is 10.8 Å². The predicted molar refractivity (Wildman–Crippen MR) is 71.8 cm³/mol. The minimum Gasteiger partial charge on any atom is -0.308 e. The van der Waals surface area contributed by atoms with E-state index in [0.29, 0.717) is 11.4 Å². The third-order valence-electron chi connectivity index (χ3n) is 3.40. The van der Waals surface area contributed by atoms with Gasteiger partial charge in [-0.1, -0.05) is 37.8 Å². The smallest absolute Gasteiger partial charge is 0.145 e. The number of aliphatic imine (C=N–C) groups is 1. The van der Waals surface area contributed by atoms with Gasteiger partial charge in [0.05, 0.1) is 11.6 Å². The van der Waals surface area contributed by atoms with Crippen molar-refractivity contribution in [3.05, 3.63) is 35.6 Å². The van der Waals surface area contributed by atoms with Gasteiger partial charge in [-0.3, -0.25) is 4.99 Å². The topological polar surface area (TPSA) is 50.4 Å². The van der Waals surface area contributed by atoms with Gasteiger partial charge in [0.15, 0.2) is 0 Å². The van der Waals surface area contributed by atoms with Gasteiger partial charge in [-0.2, -0.15) is 0 Å². The molecule has 1 aliphatic carbocycles. The Labute approximate surface area is 107 Å². The van der Waals surface area contributed by atoms with Gasteiger partial charge < -0.3 is 5.43 Å². The molecule has 3 nitrogen and oxygen atoms in total. The highest BCUT2D eigenvalue weighted by atomic mass is 19.1. The van der Waals surface area contributed by atoms with E-state index < -0.39 is 0 Å². The Bertz CT molecular complexity index is 409. The molecule has 98 valence electrons. The average Bonchev–Trinajstić information content (AvgIpc) is 2.65. The first-order valence-electron chi connectivity index (χ1n) is 6.60. The molecule has 0 atom stereocenters. The Hall–Kier alpha value is -1.42. The lowest BCUT2D eigenvalue weighted by atomic mass is 10.1. The Balaban J connectivity index is 2.19. The van der Waals surface area contributed by atoms with Crippen molar-refractivity contribution in [3.63, 3.8) is 0 Å². The van der Waals surface area contributed by atoms with Crippen LogP contribution in [-0.2, 0) is 0 Å². The normalized spacial score (nSPS) is 18.4. The highest BCUT2D eigenvalue weighted by Gasteiger charge is 2.14. The van der Waals surface area contributed by atoms with E-state index in [0.717, 1.165) is 12.8 Å². The van der Waals surface area contributed by atoms with Crippen LogP contribution < -0.4 is 11.3 Å². The molecule has 0 unspecified atom stereocenters. The number of rotatable bonds is 2. The zero-order valence-electron chi connectivity index (χ0n) is 10.5. The number of nitrogens with two attached hydrogens (primary N) is 1. The second kappa shape index (κ2) is 6.50. The van der Waals surface area contributed by atoms with E-state index in [4.69, 9.17) is 5.84 Å². The highest BCUT2D eigenvalue weighted by molar-refractivity contribution is 5.98. The minimum absolute atomic E-state index is 0.262. The number of hydrogen-bond donors (Lipinski definition) is 2. The van der Waals surface area contributed by atoms with Gasteiger partial charge in [-0.15, -0.1) is 0 Å². The third-order valence-corrected chi connectivity index (χ3v) is 3.40. The lowest BCUT2D eigenvalue weighted by molar-refractivity contribution is 0.581. The van der Waals surface area contributed by atoms with E-state index in [1.54, 1.807) is 18.2 Å². The van der Waals surface area contributed by atoms with Crippen LogP contribution in [0.3, 0.4) is 0 Å². The first-order valence-corrected chi connectivity index (χ1v) is 6.60. The van der Waals surface area contributed by atoms with E-state index in [9.17, 15) is 4.39 Å². The zero-order chi connectivity index (χ0) is 12.8. The molecule has 3 N–H and O–H groups in total. The van der Waals surface area contributed by atoms with Crippen LogP contribution in [-0.4, -0.2) is 11.9 Å². The maximum atomic E-state index is 13.7. The molecule has 0 bridgehead atoms. The molecule has 18 heavy (non-hydrogen) atoms. The summed E-state index contributed by atoms with van der Waals surface area (Å²) in [7, 11) is 0.